The minimum Gasteiger partial charge on any atom is -0.495 e. The molecule has 5 nitrogen and oxygen atoms in total. The maximum atomic E-state index is 11.1. The smallest absolute Gasteiger partial charge is 0.347 e. The molecule has 0 saturated carbocycles. The third-order valence-electron chi connectivity index (χ3n) is 2.63. The summed E-state index contributed by atoms with van der Waals surface area (Å²) in [5.41, 5.74) is 1.21. The quantitative estimate of drug-likeness (QED) is 0.878. The van der Waals surface area contributed by atoms with Crippen LogP contribution in [0.5, 0.6) is 5.75 Å². The zero-order valence-corrected chi connectivity index (χ0v) is 12.5. The van der Waals surface area contributed by atoms with E-state index in [2.05, 4.69) is 10.3 Å². The van der Waals surface area contributed by atoms with E-state index in [4.69, 9.17) is 21.4 Å². The fourth-order valence-corrected chi connectivity index (χ4v) is 2.78. The van der Waals surface area contributed by atoms with E-state index < -0.39 is 5.97 Å². The summed E-state index contributed by atoms with van der Waals surface area (Å²) in [5.74, 6) is -0.356. The van der Waals surface area contributed by atoms with Gasteiger partial charge >= 0.3 is 5.97 Å². The Morgan fingerprint density at radius 3 is 2.85 bits per heavy atom. The minimum absolute atomic E-state index is 0.246. The Bertz CT molecular complexity index is 643. The topological polar surface area (TPSA) is 71.5 Å². The molecule has 1 aromatic heterocycles. The van der Waals surface area contributed by atoms with E-state index in [0.29, 0.717) is 33.7 Å². The Kier molecular flexibility index (Phi) is 4.46. The summed E-state index contributed by atoms with van der Waals surface area (Å²) in [4.78, 5) is 15.6. The number of nitrogens with zero attached hydrogens (tertiary/aromatic N) is 1. The predicted octanol–water partition coefficient (Wildman–Crippen LogP) is 3.81. The number of aromatic nitrogens is 1. The van der Waals surface area contributed by atoms with Gasteiger partial charge in [0, 0.05) is 5.02 Å². The Balaban J connectivity index is 2.35. The fourth-order valence-electron chi connectivity index (χ4n) is 1.71. The molecule has 0 aliphatic rings. The molecule has 0 spiro atoms. The summed E-state index contributed by atoms with van der Waals surface area (Å²) in [5, 5.41) is 13.2. The summed E-state index contributed by atoms with van der Waals surface area (Å²) < 4.78 is 5.22. The number of nitrogens with one attached hydrogen (secondary N) is 1. The number of hydrogen-bond acceptors (Lipinski definition) is 5. The number of rotatable bonds is 5. The van der Waals surface area contributed by atoms with Crippen LogP contribution in [-0.2, 0) is 6.42 Å². The first-order chi connectivity index (χ1) is 9.55. The number of aryl methyl sites for hydroxylation is 1. The van der Waals surface area contributed by atoms with Crippen LogP contribution in [0.1, 0.15) is 22.3 Å². The molecule has 0 atom stereocenters. The Morgan fingerprint density at radius 1 is 1.55 bits per heavy atom. The summed E-state index contributed by atoms with van der Waals surface area (Å²) in [6.07, 6.45) is 0.562. The number of ether oxygens (including phenoxy) is 1. The first-order valence-electron chi connectivity index (χ1n) is 5.88. The Hall–Kier alpha value is -1.79. The van der Waals surface area contributed by atoms with Gasteiger partial charge in [-0.05, 0) is 24.6 Å². The van der Waals surface area contributed by atoms with Gasteiger partial charge in [-0.3, -0.25) is 0 Å². The predicted molar refractivity (Wildman–Crippen MR) is 79.7 cm³/mol. The fraction of sp³-hybridized carbons (Fsp3) is 0.231. The lowest BCUT2D eigenvalue weighted by atomic mass is 10.3. The van der Waals surface area contributed by atoms with Crippen molar-refractivity contribution in [3.63, 3.8) is 0 Å². The highest BCUT2D eigenvalue weighted by Crippen LogP contribution is 2.33. The highest BCUT2D eigenvalue weighted by Gasteiger charge is 2.16. The van der Waals surface area contributed by atoms with E-state index in [1.54, 1.807) is 25.3 Å². The van der Waals surface area contributed by atoms with Crippen molar-refractivity contribution in [3.8, 4) is 5.75 Å². The van der Waals surface area contributed by atoms with E-state index >= 15 is 0 Å². The van der Waals surface area contributed by atoms with Gasteiger partial charge in [0.1, 0.15) is 10.6 Å². The Morgan fingerprint density at radius 2 is 2.30 bits per heavy atom. The summed E-state index contributed by atoms with van der Waals surface area (Å²) in [7, 11) is 1.55. The molecule has 0 radical (unpaired) electrons. The van der Waals surface area contributed by atoms with Gasteiger partial charge in [0.15, 0.2) is 5.13 Å². The van der Waals surface area contributed by atoms with Gasteiger partial charge in [0.2, 0.25) is 0 Å². The molecule has 2 aromatic rings. The standard InChI is InChI=1S/C13H13ClN2O3S/c1-3-8-11(12(17)18)20-13(15-8)16-9-6-7(14)4-5-10(9)19-2/h4-6H,3H2,1-2H3,(H,15,16)(H,17,18). The lowest BCUT2D eigenvalue weighted by Gasteiger charge is -2.09. The van der Waals surface area contributed by atoms with Gasteiger partial charge in [0.25, 0.3) is 0 Å². The summed E-state index contributed by atoms with van der Waals surface area (Å²) in [6, 6.07) is 5.15. The lowest BCUT2D eigenvalue weighted by molar-refractivity contribution is 0.0701. The third-order valence-corrected chi connectivity index (χ3v) is 3.87. The van der Waals surface area contributed by atoms with Gasteiger partial charge in [0.05, 0.1) is 18.5 Å². The SMILES string of the molecule is CCc1nc(Nc2cc(Cl)ccc2OC)sc1C(=O)O. The molecule has 2 rings (SSSR count). The van der Waals surface area contributed by atoms with E-state index in [9.17, 15) is 4.79 Å². The largest absolute Gasteiger partial charge is 0.495 e. The average Bonchev–Trinajstić information content (AvgIpc) is 2.82. The second-order valence-electron chi connectivity index (χ2n) is 3.92. The van der Waals surface area contributed by atoms with Crippen molar-refractivity contribution in [2.24, 2.45) is 0 Å². The number of hydrogen-bond donors (Lipinski definition) is 2. The third kappa shape index (κ3) is 3.02. The molecule has 0 aliphatic carbocycles. The highest BCUT2D eigenvalue weighted by atomic mass is 35.5. The van der Waals surface area contributed by atoms with Crippen LogP contribution in [0.4, 0.5) is 10.8 Å². The number of carboxylic acid groups (broad SMARTS) is 1. The van der Waals surface area contributed by atoms with Crippen molar-refractivity contribution in [1.29, 1.82) is 0 Å². The maximum Gasteiger partial charge on any atom is 0.347 e. The zero-order chi connectivity index (χ0) is 14.7. The maximum absolute atomic E-state index is 11.1. The van der Waals surface area contributed by atoms with Gasteiger partial charge in [-0.1, -0.05) is 29.9 Å². The number of benzene rings is 1. The van der Waals surface area contributed by atoms with E-state index in [1.807, 2.05) is 6.92 Å². The van der Waals surface area contributed by atoms with Crippen molar-refractivity contribution < 1.29 is 14.6 Å². The van der Waals surface area contributed by atoms with Crippen LogP contribution in [0.2, 0.25) is 5.02 Å². The van der Waals surface area contributed by atoms with Crippen molar-refractivity contribution in [2.45, 2.75) is 13.3 Å². The van der Waals surface area contributed by atoms with Crippen molar-refractivity contribution in [1.82, 2.24) is 4.98 Å². The van der Waals surface area contributed by atoms with E-state index in [-0.39, 0.29) is 4.88 Å². The molecule has 1 aromatic carbocycles. The second-order valence-corrected chi connectivity index (χ2v) is 5.36. The number of methoxy groups -OCH3 is 1. The van der Waals surface area contributed by atoms with Crippen LogP contribution in [0.25, 0.3) is 0 Å². The number of carbonyl (C=O) groups is 1. The molecule has 0 fully saturated rings. The molecule has 0 aliphatic heterocycles. The van der Waals surface area contributed by atoms with Gasteiger partial charge in [-0.2, -0.15) is 0 Å². The van der Waals surface area contributed by atoms with Gasteiger partial charge in [-0.15, -0.1) is 0 Å². The first-order valence-corrected chi connectivity index (χ1v) is 7.08. The van der Waals surface area contributed by atoms with Crippen molar-refractivity contribution in [2.75, 3.05) is 12.4 Å². The van der Waals surface area contributed by atoms with E-state index in [1.165, 1.54) is 0 Å². The van der Waals surface area contributed by atoms with Crippen LogP contribution in [0, 0.1) is 0 Å². The van der Waals surface area contributed by atoms with E-state index in [0.717, 1.165) is 11.3 Å². The molecule has 0 unspecified atom stereocenters. The highest BCUT2D eigenvalue weighted by molar-refractivity contribution is 7.17. The molecule has 2 N–H and O–H groups in total. The lowest BCUT2D eigenvalue weighted by Crippen LogP contribution is -1.97. The van der Waals surface area contributed by atoms with Crippen LogP contribution < -0.4 is 10.1 Å². The molecule has 1 heterocycles. The molecular formula is C13H13ClN2O3S. The molecule has 20 heavy (non-hydrogen) atoms. The second kappa shape index (κ2) is 6.11. The van der Waals surface area contributed by atoms with Crippen LogP contribution in [-0.4, -0.2) is 23.2 Å². The average molecular weight is 313 g/mol. The monoisotopic (exact) mass is 312 g/mol. The first kappa shape index (κ1) is 14.6. The molecule has 7 heteroatoms. The van der Waals surface area contributed by atoms with Crippen LogP contribution in [0.15, 0.2) is 18.2 Å². The van der Waals surface area contributed by atoms with Crippen LogP contribution in [0.3, 0.4) is 0 Å². The van der Waals surface area contributed by atoms with Gasteiger partial charge < -0.3 is 15.2 Å². The number of anilines is 2. The summed E-state index contributed by atoms with van der Waals surface area (Å²) in [6.45, 7) is 1.87. The molecule has 0 bridgehead atoms. The number of thiazole rings is 1. The number of halogens is 1. The number of aromatic carboxylic acids is 1. The molecular weight excluding hydrogens is 300 g/mol. The Labute approximate surface area is 125 Å². The normalized spacial score (nSPS) is 10.3. The summed E-state index contributed by atoms with van der Waals surface area (Å²) >= 11 is 7.04. The van der Waals surface area contributed by atoms with Crippen molar-refractivity contribution in [3.05, 3.63) is 33.8 Å². The zero-order valence-electron chi connectivity index (χ0n) is 10.9. The molecule has 0 saturated heterocycles. The van der Waals surface area contributed by atoms with Crippen molar-refractivity contribution >= 4 is 39.7 Å². The minimum atomic E-state index is -0.967. The molecule has 0 amide bonds. The number of carboxylic acids is 1. The molecule has 106 valence electrons. The van der Waals surface area contributed by atoms with Gasteiger partial charge in [-0.25, -0.2) is 9.78 Å². The van der Waals surface area contributed by atoms with Crippen LogP contribution >= 0.6 is 22.9 Å².